The molecule has 1 aromatic carbocycles. The zero-order valence-electron chi connectivity index (χ0n) is 8.69. The molecule has 17 heavy (non-hydrogen) atoms. The minimum absolute atomic E-state index is 0.00169. The number of thiophene rings is 1. The molecule has 0 unspecified atom stereocenters. The molecule has 0 saturated heterocycles. The Morgan fingerprint density at radius 2 is 1.94 bits per heavy atom. The summed E-state index contributed by atoms with van der Waals surface area (Å²) < 4.78 is 0.841. The molecule has 1 aromatic heterocycles. The van der Waals surface area contributed by atoms with Crippen molar-refractivity contribution in [3.63, 3.8) is 0 Å². The van der Waals surface area contributed by atoms with Gasteiger partial charge in [-0.1, -0.05) is 29.8 Å². The van der Waals surface area contributed by atoms with Crippen molar-refractivity contribution in [2.24, 2.45) is 0 Å². The maximum Gasteiger partial charge on any atom is 0.196 e. The molecule has 0 fully saturated rings. The van der Waals surface area contributed by atoms with Gasteiger partial charge in [-0.15, -0.1) is 11.3 Å². The number of benzene rings is 1. The van der Waals surface area contributed by atoms with Crippen LogP contribution in [0, 0.1) is 0 Å². The molecule has 0 N–H and O–H groups in total. The van der Waals surface area contributed by atoms with Gasteiger partial charge in [0.25, 0.3) is 0 Å². The van der Waals surface area contributed by atoms with Crippen molar-refractivity contribution in [2.45, 2.75) is 0 Å². The van der Waals surface area contributed by atoms with Crippen molar-refractivity contribution in [2.75, 3.05) is 0 Å². The minimum Gasteiger partial charge on any atom is -0.288 e. The smallest absolute Gasteiger partial charge is 0.196 e. The van der Waals surface area contributed by atoms with Crippen molar-refractivity contribution in [1.29, 1.82) is 0 Å². The molecule has 0 aliphatic heterocycles. The fourth-order valence-corrected chi connectivity index (χ4v) is 2.90. The topological polar surface area (TPSA) is 17.1 Å². The zero-order chi connectivity index (χ0) is 12.3. The summed E-state index contributed by atoms with van der Waals surface area (Å²) in [6.07, 6.45) is 3.35. The van der Waals surface area contributed by atoms with Crippen LogP contribution in [-0.2, 0) is 0 Å². The summed E-state index contributed by atoms with van der Waals surface area (Å²) in [7, 11) is 0. The lowest BCUT2D eigenvalue weighted by atomic mass is 10.2. The molecule has 0 atom stereocenters. The standard InChI is InChI=1S/C13H8BrClOS/c14-11-7-8-17-13(11)12(16)6-3-9-1-4-10(15)5-2-9/h1-8H/b6-3+. The lowest BCUT2D eigenvalue weighted by Crippen LogP contribution is -1.90. The van der Waals surface area contributed by atoms with Gasteiger partial charge >= 0.3 is 0 Å². The quantitative estimate of drug-likeness (QED) is 0.569. The van der Waals surface area contributed by atoms with Crippen LogP contribution in [0.25, 0.3) is 6.08 Å². The number of halogens is 2. The predicted octanol–water partition coefficient (Wildman–Crippen LogP) is 5.06. The molecule has 0 aliphatic carbocycles. The zero-order valence-corrected chi connectivity index (χ0v) is 11.8. The molecular weight excluding hydrogens is 320 g/mol. The van der Waals surface area contributed by atoms with E-state index in [1.54, 1.807) is 24.3 Å². The van der Waals surface area contributed by atoms with E-state index in [4.69, 9.17) is 11.6 Å². The SMILES string of the molecule is O=C(/C=C/c1ccc(Cl)cc1)c1sccc1Br. The number of carbonyl (C=O) groups excluding carboxylic acids is 1. The molecule has 4 heteroatoms. The number of carbonyl (C=O) groups is 1. The Labute approximate surface area is 117 Å². The lowest BCUT2D eigenvalue weighted by molar-refractivity contribution is 0.105. The molecule has 2 aromatic rings. The van der Waals surface area contributed by atoms with Crippen LogP contribution in [0.1, 0.15) is 15.2 Å². The van der Waals surface area contributed by atoms with Crippen LogP contribution in [-0.4, -0.2) is 5.78 Å². The molecule has 0 spiro atoms. The van der Waals surface area contributed by atoms with E-state index in [1.807, 2.05) is 23.6 Å². The summed E-state index contributed by atoms with van der Waals surface area (Å²) >= 11 is 10.5. The van der Waals surface area contributed by atoms with Gasteiger partial charge in [-0.2, -0.15) is 0 Å². The maximum atomic E-state index is 11.8. The second-order valence-electron chi connectivity index (χ2n) is 3.35. The number of hydrogen-bond acceptors (Lipinski definition) is 2. The first-order chi connectivity index (χ1) is 8.16. The molecule has 1 nitrogen and oxygen atoms in total. The fraction of sp³-hybridized carbons (Fsp3) is 0. The van der Waals surface area contributed by atoms with E-state index in [1.165, 1.54) is 11.3 Å². The Morgan fingerprint density at radius 1 is 1.24 bits per heavy atom. The molecule has 0 radical (unpaired) electrons. The highest BCUT2D eigenvalue weighted by Crippen LogP contribution is 2.23. The van der Waals surface area contributed by atoms with E-state index in [0.29, 0.717) is 5.02 Å². The van der Waals surface area contributed by atoms with Crippen LogP contribution in [0.5, 0.6) is 0 Å². The van der Waals surface area contributed by atoms with E-state index >= 15 is 0 Å². The van der Waals surface area contributed by atoms with E-state index < -0.39 is 0 Å². The molecule has 0 saturated carbocycles. The van der Waals surface area contributed by atoms with E-state index in [2.05, 4.69) is 15.9 Å². The Hall–Kier alpha value is -0.900. The number of rotatable bonds is 3. The van der Waals surface area contributed by atoms with Crippen molar-refractivity contribution >= 4 is 50.7 Å². The summed E-state index contributed by atoms with van der Waals surface area (Å²) in [4.78, 5) is 12.6. The highest BCUT2D eigenvalue weighted by atomic mass is 79.9. The molecule has 0 amide bonds. The van der Waals surface area contributed by atoms with Gasteiger partial charge in [0.15, 0.2) is 5.78 Å². The molecule has 0 aliphatic rings. The van der Waals surface area contributed by atoms with E-state index in [-0.39, 0.29) is 5.78 Å². The Bertz CT molecular complexity index is 557. The van der Waals surface area contributed by atoms with Crippen LogP contribution in [0.15, 0.2) is 46.3 Å². The summed E-state index contributed by atoms with van der Waals surface area (Å²) in [5.41, 5.74) is 0.954. The molecule has 0 bridgehead atoms. The van der Waals surface area contributed by atoms with E-state index in [9.17, 15) is 4.79 Å². The van der Waals surface area contributed by atoms with Crippen LogP contribution < -0.4 is 0 Å². The summed E-state index contributed by atoms with van der Waals surface area (Å²) in [6.45, 7) is 0. The van der Waals surface area contributed by atoms with Gasteiger partial charge in [0.1, 0.15) is 0 Å². The Balaban J connectivity index is 2.14. The van der Waals surface area contributed by atoms with Gasteiger partial charge < -0.3 is 0 Å². The van der Waals surface area contributed by atoms with Crippen molar-refractivity contribution in [1.82, 2.24) is 0 Å². The number of allylic oxidation sites excluding steroid dienone is 1. The molecule has 2 rings (SSSR count). The first kappa shape index (κ1) is 12.6. The highest BCUT2D eigenvalue weighted by Gasteiger charge is 2.07. The molecule has 86 valence electrons. The molecular formula is C13H8BrClOS. The average molecular weight is 328 g/mol. The van der Waals surface area contributed by atoms with Crippen LogP contribution in [0.3, 0.4) is 0 Å². The Kier molecular flexibility index (Phi) is 4.15. The van der Waals surface area contributed by atoms with Gasteiger partial charge in [0.05, 0.1) is 4.88 Å². The monoisotopic (exact) mass is 326 g/mol. The number of hydrogen-bond donors (Lipinski definition) is 0. The van der Waals surface area contributed by atoms with Crippen molar-refractivity contribution < 1.29 is 4.79 Å². The normalized spacial score (nSPS) is 10.9. The molecule has 1 heterocycles. The van der Waals surface area contributed by atoms with Crippen LogP contribution in [0.4, 0.5) is 0 Å². The fourth-order valence-electron chi connectivity index (χ4n) is 1.29. The second kappa shape index (κ2) is 5.63. The van der Waals surface area contributed by atoms with E-state index in [0.717, 1.165) is 14.9 Å². The third-order valence-corrected chi connectivity index (χ3v) is 4.24. The Morgan fingerprint density at radius 3 is 2.53 bits per heavy atom. The van der Waals surface area contributed by atoms with Gasteiger partial charge in [-0.25, -0.2) is 0 Å². The first-order valence-corrected chi connectivity index (χ1v) is 6.93. The van der Waals surface area contributed by atoms with Gasteiger partial charge in [-0.05, 0) is 51.1 Å². The van der Waals surface area contributed by atoms with Gasteiger partial charge in [0, 0.05) is 9.50 Å². The van der Waals surface area contributed by atoms with Crippen molar-refractivity contribution in [3.8, 4) is 0 Å². The summed E-state index contributed by atoms with van der Waals surface area (Å²) in [5, 5.41) is 2.57. The largest absolute Gasteiger partial charge is 0.288 e. The van der Waals surface area contributed by atoms with Crippen LogP contribution >= 0.6 is 38.9 Å². The average Bonchev–Trinajstić information content (AvgIpc) is 2.74. The van der Waals surface area contributed by atoms with Gasteiger partial charge in [-0.3, -0.25) is 4.79 Å². The first-order valence-electron chi connectivity index (χ1n) is 4.88. The summed E-state index contributed by atoms with van der Waals surface area (Å²) in [6, 6.07) is 9.21. The van der Waals surface area contributed by atoms with Crippen LogP contribution in [0.2, 0.25) is 5.02 Å². The third-order valence-electron chi connectivity index (χ3n) is 2.14. The van der Waals surface area contributed by atoms with Gasteiger partial charge in [0.2, 0.25) is 0 Å². The predicted molar refractivity (Wildman–Crippen MR) is 76.8 cm³/mol. The third kappa shape index (κ3) is 3.28. The van der Waals surface area contributed by atoms with Crippen molar-refractivity contribution in [3.05, 3.63) is 61.7 Å². The lowest BCUT2D eigenvalue weighted by Gasteiger charge is -1.94. The highest BCUT2D eigenvalue weighted by molar-refractivity contribution is 9.10. The maximum absolute atomic E-state index is 11.8. The second-order valence-corrected chi connectivity index (χ2v) is 5.55. The minimum atomic E-state index is 0.00169. The summed E-state index contributed by atoms with van der Waals surface area (Å²) in [5.74, 6) is 0.00169. The number of ketones is 1.